The normalized spacial score (nSPS) is 13.5. The van der Waals surface area contributed by atoms with E-state index in [9.17, 15) is 8.42 Å². The molecule has 0 heterocycles. The van der Waals surface area contributed by atoms with E-state index >= 15 is 0 Å². The van der Waals surface area contributed by atoms with Crippen LogP contribution in [0.15, 0.2) is 23.1 Å². The largest absolute Gasteiger partial charge is 0.398 e. The molecule has 0 fully saturated rings. The van der Waals surface area contributed by atoms with Gasteiger partial charge in [-0.05, 0) is 30.5 Å². The molecular formula is C12H20N2O3S. The van der Waals surface area contributed by atoms with Gasteiger partial charge in [0.05, 0.1) is 4.90 Å². The Morgan fingerprint density at radius 2 is 2.11 bits per heavy atom. The van der Waals surface area contributed by atoms with Gasteiger partial charge in [-0.2, -0.15) is 0 Å². The third-order valence-electron chi connectivity index (χ3n) is 2.69. The van der Waals surface area contributed by atoms with Gasteiger partial charge in [0.15, 0.2) is 0 Å². The standard InChI is InChI=1S/C12H20N2O3S/c1-9(8-17-3)7-14-18(15,16)12-6-4-5-11(13)10(12)2/h4-6,9,14H,7-8,13H2,1-3H3. The van der Waals surface area contributed by atoms with Gasteiger partial charge in [0.2, 0.25) is 10.0 Å². The molecule has 0 aliphatic rings. The van der Waals surface area contributed by atoms with E-state index in [-0.39, 0.29) is 10.8 Å². The summed E-state index contributed by atoms with van der Waals surface area (Å²) in [7, 11) is -1.92. The molecule has 1 unspecified atom stereocenters. The Kier molecular flexibility index (Phi) is 5.13. The highest BCUT2D eigenvalue weighted by atomic mass is 32.2. The van der Waals surface area contributed by atoms with Crippen LogP contribution in [0.3, 0.4) is 0 Å². The number of nitrogen functional groups attached to an aromatic ring is 1. The van der Waals surface area contributed by atoms with Crippen molar-refractivity contribution in [3.8, 4) is 0 Å². The van der Waals surface area contributed by atoms with Gasteiger partial charge in [-0.15, -0.1) is 0 Å². The summed E-state index contributed by atoms with van der Waals surface area (Å²) in [6, 6.07) is 4.87. The van der Waals surface area contributed by atoms with Gasteiger partial charge in [-0.3, -0.25) is 0 Å². The van der Waals surface area contributed by atoms with Gasteiger partial charge in [-0.1, -0.05) is 13.0 Å². The van der Waals surface area contributed by atoms with Crippen LogP contribution in [0, 0.1) is 12.8 Å². The predicted octanol–water partition coefficient (Wildman–Crippen LogP) is 1.14. The predicted molar refractivity (Wildman–Crippen MR) is 71.8 cm³/mol. The van der Waals surface area contributed by atoms with Crippen LogP contribution in [0.25, 0.3) is 0 Å². The van der Waals surface area contributed by atoms with Crippen molar-refractivity contribution in [2.45, 2.75) is 18.7 Å². The maximum absolute atomic E-state index is 12.1. The van der Waals surface area contributed by atoms with Gasteiger partial charge >= 0.3 is 0 Å². The summed E-state index contributed by atoms with van der Waals surface area (Å²) in [5, 5.41) is 0. The van der Waals surface area contributed by atoms with Gasteiger partial charge < -0.3 is 10.5 Å². The van der Waals surface area contributed by atoms with Crippen LogP contribution >= 0.6 is 0 Å². The molecule has 0 saturated carbocycles. The highest BCUT2D eigenvalue weighted by Gasteiger charge is 2.18. The SMILES string of the molecule is COCC(C)CNS(=O)(=O)c1cccc(N)c1C. The summed E-state index contributed by atoms with van der Waals surface area (Å²) in [4.78, 5) is 0.229. The molecule has 0 aromatic heterocycles. The van der Waals surface area contributed by atoms with Crippen molar-refractivity contribution in [1.82, 2.24) is 4.72 Å². The Morgan fingerprint density at radius 3 is 2.72 bits per heavy atom. The lowest BCUT2D eigenvalue weighted by molar-refractivity contribution is 0.161. The maximum Gasteiger partial charge on any atom is 0.240 e. The Morgan fingerprint density at radius 1 is 1.44 bits per heavy atom. The first-order valence-corrected chi connectivity index (χ1v) is 7.20. The number of nitrogens with one attached hydrogen (secondary N) is 1. The number of hydrogen-bond acceptors (Lipinski definition) is 4. The van der Waals surface area contributed by atoms with E-state index in [0.717, 1.165) is 0 Å². The summed E-state index contributed by atoms with van der Waals surface area (Å²) < 4.78 is 31.7. The van der Waals surface area contributed by atoms with E-state index in [4.69, 9.17) is 10.5 Å². The summed E-state index contributed by atoms with van der Waals surface area (Å²) in [6.45, 7) is 4.46. The van der Waals surface area contributed by atoms with Gasteiger partial charge in [-0.25, -0.2) is 13.1 Å². The number of rotatable bonds is 6. The minimum Gasteiger partial charge on any atom is -0.398 e. The average Bonchev–Trinajstić information content (AvgIpc) is 2.30. The third-order valence-corrected chi connectivity index (χ3v) is 4.26. The maximum atomic E-state index is 12.1. The first-order valence-electron chi connectivity index (χ1n) is 5.72. The molecule has 0 bridgehead atoms. The zero-order chi connectivity index (χ0) is 13.8. The number of sulfonamides is 1. The zero-order valence-corrected chi connectivity index (χ0v) is 11.8. The van der Waals surface area contributed by atoms with Crippen molar-refractivity contribution in [1.29, 1.82) is 0 Å². The molecule has 1 aromatic rings. The number of benzene rings is 1. The number of anilines is 1. The van der Waals surface area contributed by atoms with E-state index < -0.39 is 10.0 Å². The molecule has 18 heavy (non-hydrogen) atoms. The summed E-state index contributed by atoms with van der Waals surface area (Å²) in [6.07, 6.45) is 0. The third kappa shape index (κ3) is 3.69. The van der Waals surface area contributed by atoms with Gasteiger partial charge in [0, 0.05) is 25.9 Å². The average molecular weight is 272 g/mol. The molecule has 3 N–H and O–H groups in total. The minimum atomic E-state index is -3.51. The van der Waals surface area contributed by atoms with Crippen LogP contribution in [0.1, 0.15) is 12.5 Å². The lowest BCUT2D eigenvalue weighted by Gasteiger charge is -2.14. The lowest BCUT2D eigenvalue weighted by atomic mass is 10.2. The fourth-order valence-electron chi connectivity index (χ4n) is 1.60. The van der Waals surface area contributed by atoms with E-state index in [1.165, 1.54) is 0 Å². The lowest BCUT2D eigenvalue weighted by Crippen LogP contribution is -2.30. The molecule has 0 aliphatic carbocycles. The smallest absolute Gasteiger partial charge is 0.240 e. The highest BCUT2D eigenvalue weighted by molar-refractivity contribution is 7.89. The van der Waals surface area contributed by atoms with Crippen LogP contribution in [-0.2, 0) is 14.8 Å². The Hall–Kier alpha value is -1.11. The molecule has 102 valence electrons. The molecular weight excluding hydrogens is 252 g/mol. The zero-order valence-electron chi connectivity index (χ0n) is 10.9. The Bertz CT molecular complexity index is 500. The fraction of sp³-hybridized carbons (Fsp3) is 0.500. The van der Waals surface area contributed by atoms with Crippen LogP contribution in [0.2, 0.25) is 0 Å². The summed E-state index contributed by atoms with van der Waals surface area (Å²) >= 11 is 0. The van der Waals surface area contributed by atoms with E-state index in [2.05, 4.69) is 4.72 Å². The molecule has 0 aliphatic heterocycles. The quantitative estimate of drug-likeness (QED) is 0.761. The van der Waals surface area contributed by atoms with Crippen molar-refractivity contribution >= 4 is 15.7 Å². The molecule has 0 saturated heterocycles. The molecule has 0 radical (unpaired) electrons. The van der Waals surface area contributed by atoms with Crippen molar-refractivity contribution in [2.75, 3.05) is 26.0 Å². The Balaban J connectivity index is 2.84. The van der Waals surface area contributed by atoms with Crippen molar-refractivity contribution in [2.24, 2.45) is 5.92 Å². The van der Waals surface area contributed by atoms with Crippen LogP contribution in [0.5, 0.6) is 0 Å². The first kappa shape index (κ1) is 14.9. The second kappa shape index (κ2) is 6.17. The van der Waals surface area contributed by atoms with E-state index in [1.807, 2.05) is 6.92 Å². The number of nitrogens with two attached hydrogens (primary N) is 1. The van der Waals surface area contributed by atoms with Gasteiger partial charge in [0.1, 0.15) is 0 Å². The minimum absolute atomic E-state index is 0.117. The molecule has 5 nitrogen and oxygen atoms in total. The molecule has 0 spiro atoms. The topological polar surface area (TPSA) is 81.4 Å². The molecule has 1 atom stereocenters. The van der Waals surface area contributed by atoms with Crippen LogP contribution in [0.4, 0.5) is 5.69 Å². The van der Waals surface area contributed by atoms with Crippen molar-refractivity contribution < 1.29 is 13.2 Å². The first-order chi connectivity index (χ1) is 8.38. The second-order valence-corrected chi connectivity index (χ2v) is 6.12. The number of methoxy groups -OCH3 is 1. The molecule has 0 amide bonds. The van der Waals surface area contributed by atoms with E-state index in [1.54, 1.807) is 32.2 Å². The van der Waals surface area contributed by atoms with Gasteiger partial charge in [0.25, 0.3) is 0 Å². The monoisotopic (exact) mass is 272 g/mol. The van der Waals surface area contributed by atoms with Crippen molar-refractivity contribution in [3.05, 3.63) is 23.8 Å². The second-order valence-electron chi connectivity index (χ2n) is 4.38. The number of hydrogen-bond donors (Lipinski definition) is 2. The van der Waals surface area contributed by atoms with Crippen molar-refractivity contribution in [3.63, 3.8) is 0 Å². The highest BCUT2D eigenvalue weighted by Crippen LogP contribution is 2.20. The number of ether oxygens (including phenoxy) is 1. The Labute approximate surface area is 108 Å². The molecule has 1 rings (SSSR count). The summed E-state index contributed by atoms with van der Waals surface area (Å²) in [5.41, 5.74) is 6.76. The summed E-state index contributed by atoms with van der Waals surface area (Å²) in [5.74, 6) is 0.117. The van der Waals surface area contributed by atoms with Crippen LogP contribution < -0.4 is 10.5 Å². The molecule has 1 aromatic carbocycles. The fourth-order valence-corrected chi connectivity index (χ4v) is 3.03. The molecule has 6 heteroatoms. The van der Waals surface area contributed by atoms with Crippen LogP contribution in [-0.4, -0.2) is 28.7 Å². The van der Waals surface area contributed by atoms with E-state index in [0.29, 0.717) is 24.4 Å².